The van der Waals surface area contributed by atoms with E-state index in [1.807, 2.05) is 0 Å². The highest BCUT2D eigenvalue weighted by Crippen LogP contribution is 2.25. The maximum Gasteiger partial charge on any atom is 0.334 e. The Hall–Kier alpha value is -1.92. The van der Waals surface area contributed by atoms with E-state index in [1.54, 1.807) is 44.4 Å². The van der Waals surface area contributed by atoms with E-state index < -0.39 is 11.5 Å². The molecule has 122 valence electrons. The van der Waals surface area contributed by atoms with Gasteiger partial charge in [0.1, 0.15) is 0 Å². The fourth-order valence-corrected chi connectivity index (χ4v) is 2.13. The van der Waals surface area contributed by atoms with Crippen LogP contribution in [0, 0.1) is 0 Å². The lowest BCUT2D eigenvalue weighted by atomic mass is 9.87. The lowest BCUT2D eigenvalue weighted by molar-refractivity contribution is -0.148. The molecular formula is C16H23NO5. The molecule has 6 heteroatoms. The normalized spacial score (nSPS) is 13.4. The van der Waals surface area contributed by atoms with Crippen LogP contribution in [0.25, 0.3) is 0 Å². The number of benzene rings is 1. The minimum Gasteiger partial charge on any atom is -0.479 e. The Kier molecular flexibility index (Phi) is 7.56. The van der Waals surface area contributed by atoms with Crippen molar-refractivity contribution in [3.63, 3.8) is 0 Å². The lowest BCUT2D eigenvalue weighted by Gasteiger charge is -2.30. The van der Waals surface area contributed by atoms with E-state index in [0.717, 1.165) is 0 Å². The Morgan fingerprint density at radius 3 is 2.41 bits per heavy atom. The van der Waals surface area contributed by atoms with Crippen LogP contribution < -0.4 is 5.32 Å². The fraction of sp³-hybridized carbons (Fsp3) is 0.500. The first-order valence-electron chi connectivity index (χ1n) is 7.23. The smallest absolute Gasteiger partial charge is 0.334 e. The standard InChI is InChI=1S/C16H23NO5/c1-3-16(15(19)20,13-7-5-4-6-8-13)17-14(18)9-10-22-12-11-21-2/h4-8H,3,9-12H2,1-2H3,(H,17,18)(H,19,20). The second-order valence-electron chi connectivity index (χ2n) is 4.83. The maximum atomic E-state index is 12.0. The van der Waals surface area contributed by atoms with Crippen LogP contribution in [0.3, 0.4) is 0 Å². The van der Waals surface area contributed by atoms with E-state index in [0.29, 0.717) is 18.8 Å². The molecule has 1 amide bonds. The Morgan fingerprint density at radius 2 is 1.86 bits per heavy atom. The van der Waals surface area contributed by atoms with Crippen molar-refractivity contribution in [3.8, 4) is 0 Å². The van der Waals surface area contributed by atoms with Crippen molar-refractivity contribution in [1.29, 1.82) is 0 Å². The molecule has 0 aromatic heterocycles. The molecule has 0 saturated heterocycles. The van der Waals surface area contributed by atoms with Crippen molar-refractivity contribution in [2.45, 2.75) is 25.3 Å². The summed E-state index contributed by atoms with van der Waals surface area (Å²) >= 11 is 0. The van der Waals surface area contributed by atoms with Crippen LogP contribution in [-0.2, 0) is 24.6 Å². The molecule has 1 atom stereocenters. The number of aliphatic carboxylic acids is 1. The molecule has 0 aliphatic rings. The summed E-state index contributed by atoms with van der Waals surface area (Å²) in [6.07, 6.45) is 0.355. The van der Waals surface area contributed by atoms with Gasteiger partial charge in [-0.15, -0.1) is 0 Å². The van der Waals surface area contributed by atoms with Gasteiger partial charge in [0.15, 0.2) is 5.54 Å². The van der Waals surface area contributed by atoms with E-state index in [1.165, 1.54) is 0 Å². The number of hydrogen-bond donors (Lipinski definition) is 2. The summed E-state index contributed by atoms with van der Waals surface area (Å²) in [4.78, 5) is 23.8. The van der Waals surface area contributed by atoms with Gasteiger partial charge in [-0.05, 0) is 12.0 Å². The van der Waals surface area contributed by atoms with Gasteiger partial charge in [0, 0.05) is 13.5 Å². The molecule has 0 aliphatic heterocycles. The predicted octanol–water partition coefficient (Wildman–Crippen LogP) is 1.55. The third-order valence-electron chi connectivity index (χ3n) is 3.42. The van der Waals surface area contributed by atoms with Gasteiger partial charge in [-0.2, -0.15) is 0 Å². The number of methoxy groups -OCH3 is 1. The number of carbonyl (C=O) groups excluding carboxylic acids is 1. The number of carboxylic acid groups (broad SMARTS) is 1. The first kappa shape index (κ1) is 18.1. The summed E-state index contributed by atoms with van der Waals surface area (Å²) in [6.45, 7) is 2.82. The SMILES string of the molecule is CCC(NC(=O)CCOCCOC)(C(=O)O)c1ccccc1. The largest absolute Gasteiger partial charge is 0.479 e. The topological polar surface area (TPSA) is 84.9 Å². The first-order valence-corrected chi connectivity index (χ1v) is 7.23. The quantitative estimate of drug-likeness (QED) is 0.641. The van der Waals surface area contributed by atoms with Crippen LogP contribution in [0.15, 0.2) is 30.3 Å². The molecule has 0 fully saturated rings. The van der Waals surface area contributed by atoms with E-state index in [4.69, 9.17) is 9.47 Å². The average molecular weight is 309 g/mol. The van der Waals surface area contributed by atoms with Gasteiger partial charge in [0.05, 0.1) is 19.8 Å². The molecule has 0 spiro atoms. The van der Waals surface area contributed by atoms with E-state index >= 15 is 0 Å². The molecule has 6 nitrogen and oxygen atoms in total. The molecule has 2 N–H and O–H groups in total. The second-order valence-corrected chi connectivity index (χ2v) is 4.83. The summed E-state index contributed by atoms with van der Waals surface area (Å²) < 4.78 is 10.1. The molecule has 0 radical (unpaired) electrons. The van der Waals surface area contributed by atoms with Crippen molar-refractivity contribution in [2.75, 3.05) is 26.9 Å². The Labute approximate surface area is 130 Å². The summed E-state index contributed by atoms with van der Waals surface area (Å²) in [5, 5.41) is 12.2. The third kappa shape index (κ3) is 4.82. The molecule has 0 saturated carbocycles. The summed E-state index contributed by atoms with van der Waals surface area (Å²) in [6, 6.07) is 8.71. The highest BCUT2D eigenvalue weighted by molar-refractivity contribution is 5.88. The van der Waals surface area contributed by atoms with Gasteiger partial charge < -0.3 is 19.9 Å². The van der Waals surface area contributed by atoms with Crippen LogP contribution in [-0.4, -0.2) is 43.9 Å². The third-order valence-corrected chi connectivity index (χ3v) is 3.42. The van der Waals surface area contributed by atoms with Crippen molar-refractivity contribution >= 4 is 11.9 Å². The molecule has 22 heavy (non-hydrogen) atoms. The van der Waals surface area contributed by atoms with E-state index in [2.05, 4.69) is 5.32 Å². The molecule has 1 unspecified atom stereocenters. The number of hydrogen-bond acceptors (Lipinski definition) is 4. The van der Waals surface area contributed by atoms with E-state index in [-0.39, 0.29) is 25.4 Å². The van der Waals surface area contributed by atoms with Crippen molar-refractivity contribution in [1.82, 2.24) is 5.32 Å². The lowest BCUT2D eigenvalue weighted by Crippen LogP contribution is -2.51. The van der Waals surface area contributed by atoms with Gasteiger partial charge in [-0.1, -0.05) is 37.3 Å². The summed E-state index contributed by atoms with van der Waals surface area (Å²) in [5.41, 5.74) is -0.858. The van der Waals surface area contributed by atoms with Crippen molar-refractivity contribution in [3.05, 3.63) is 35.9 Å². The number of amides is 1. The number of rotatable bonds is 10. The number of carboxylic acids is 1. The maximum absolute atomic E-state index is 12.0. The highest BCUT2D eigenvalue weighted by atomic mass is 16.5. The summed E-state index contributed by atoms with van der Waals surface area (Å²) in [7, 11) is 1.57. The van der Waals surface area contributed by atoms with Gasteiger partial charge in [-0.3, -0.25) is 4.79 Å². The van der Waals surface area contributed by atoms with Gasteiger partial charge in [0.2, 0.25) is 5.91 Å². The Balaban J connectivity index is 2.70. The van der Waals surface area contributed by atoms with Crippen molar-refractivity contribution in [2.24, 2.45) is 0 Å². The molecule has 0 aliphatic carbocycles. The monoisotopic (exact) mass is 309 g/mol. The minimum absolute atomic E-state index is 0.103. The van der Waals surface area contributed by atoms with Crippen LogP contribution in [0.4, 0.5) is 0 Å². The van der Waals surface area contributed by atoms with E-state index in [9.17, 15) is 14.7 Å². The average Bonchev–Trinajstić information content (AvgIpc) is 2.53. The molecule has 0 heterocycles. The van der Waals surface area contributed by atoms with Gasteiger partial charge in [-0.25, -0.2) is 4.79 Å². The summed E-state index contributed by atoms with van der Waals surface area (Å²) in [5.74, 6) is -1.43. The second kappa shape index (κ2) is 9.17. The van der Waals surface area contributed by atoms with Gasteiger partial charge >= 0.3 is 5.97 Å². The number of carbonyl (C=O) groups is 2. The molecular weight excluding hydrogens is 286 g/mol. The zero-order valence-corrected chi connectivity index (χ0v) is 13.0. The predicted molar refractivity (Wildman–Crippen MR) is 81.5 cm³/mol. The Morgan fingerprint density at radius 1 is 1.18 bits per heavy atom. The van der Waals surface area contributed by atoms with Crippen LogP contribution in [0.2, 0.25) is 0 Å². The zero-order chi connectivity index (χ0) is 16.4. The zero-order valence-electron chi connectivity index (χ0n) is 13.0. The minimum atomic E-state index is -1.41. The molecule has 1 rings (SSSR count). The number of nitrogens with one attached hydrogen (secondary N) is 1. The van der Waals surface area contributed by atoms with Crippen LogP contribution in [0.1, 0.15) is 25.3 Å². The molecule has 1 aromatic rings. The Bertz CT molecular complexity index is 477. The number of ether oxygens (including phenoxy) is 2. The van der Waals surface area contributed by atoms with Gasteiger partial charge in [0.25, 0.3) is 0 Å². The molecule has 1 aromatic carbocycles. The van der Waals surface area contributed by atoms with Crippen LogP contribution in [0.5, 0.6) is 0 Å². The fourth-order valence-electron chi connectivity index (χ4n) is 2.13. The van der Waals surface area contributed by atoms with Crippen molar-refractivity contribution < 1.29 is 24.2 Å². The highest BCUT2D eigenvalue weighted by Gasteiger charge is 2.39. The molecule has 0 bridgehead atoms. The first-order chi connectivity index (χ1) is 10.6. The van der Waals surface area contributed by atoms with Crippen LogP contribution >= 0.6 is 0 Å².